The molecule has 0 radical (unpaired) electrons. The molecule has 1 fully saturated rings. The van der Waals surface area contributed by atoms with Crippen LogP contribution in [-0.4, -0.2) is 47.5 Å². The molecule has 2 amide bonds. The Hall–Kier alpha value is -2.47. The smallest absolute Gasteiger partial charge is 0.321 e. The number of benzene rings is 1. The van der Waals surface area contributed by atoms with Crippen molar-refractivity contribution >= 4 is 11.7 Å². The maximum atomic E-state index is 13.3. The fourth-order valence-electron chi connectivity index (χ4n) is 3.48. The molecule has 1 N–H and O–H groups in total. The lowest BCUT2D eigenvalue weighted by molar-refractivity contribution is 0.154. The number of carbonyl (C=O) groups excluding carboxylic acids is 1. The van der Waals surface area contributed by atoms with Crippen molar-refractivity contribution in [3.05, 3.63) is 60.2 Å². The number of piperidine rings is 1. The second kappa shape index (κ2) is 8.76. The second-order valence-electron chi connectivity index (χ2n) is 6.95. The Morgan fingerprint density at radius 3 is 3.04 bits per heavy atom. The predicted octanol–water partition coefficient (Wildman–Crippen LogP) is 3.60. The SMILES string of the molecule is CN(Cc1cccnc1)C[C@@H]1CCCN(C(=O)Nc2cccc(F)c2)C1. The molecule has 2 heterocycles. The van der Waals surface area contributed by atoms with Crippen molar-refractivity contribution in [1.29, 1.82) is 0 Å². The predicted molar refractivity (Wildman–Crippen MR) is 100 cm³/mol. The van der Waals surface area contributed by atoms with Crippen LogP contribution in [0.5, 0.6) is 0 Å². The summed E-state index contributed by atoms with van der Waals surface area (Å²) < 4.78 is 13.3. The van der Waals surface area contributed by atoms with Crippen LogP contribution in [-0.2, 0) is 6.54 Å². The van der Waals surface area contributed by atoms with Gasteiger partial charge in [0.1, 0.15) is 5.82 Å². The molecule has 0 spiro atoms. The van der Waals surface area contributed by atoms with Crippen molar-refractivity contribution in [2.24, 2.45) is 5.92 Å². The van der Waals surface area contributed by atoms with Gasteiger partial charge < -0.3 is 15.1 Å². The van der Waals surface area contributed by atoms with Gasteiger partial charge in [-0.3, -0.25) is 4.98 Å². The van der Waals surface area contributed by atoms with E-state index in [-0.39, 0.29) is 11.8 Å². The molecule has 138 valence electrons. The van der Waals surface area contributed by atoms with Gasteiger partial charge in [-0.2, -0.15) is 0 Å². The van der Waals surface area contributed by atoms with Crippen LogP contribution in [0.1, 0.15) is 18.4 Å². The molecule has 5 nitrogen and oxygen atoms in total. The van der Waals surface area contributed by atoms with Gasteiger partial charge in [0.2, 0.25) is 0 Å². The number of halogens is 1. The molecule has 1 aliphatic rings. The molecule has 0 saturated carbocycles. The van der Waals surface area contributed by atoms with Gasteiger partial charge >= 0.3 is 6.03 Å². The van der Waals surface area contributed by atoms with Crippen LogP contribution in [0.4, 0.5) is 14.9 Å². The summed E-state index contributed by atoms with van der Waals surface area (Å²) in [7, 11) is 2.10. The Bertz CT molecular complexity index is 725. The van der Waals surface area contributed by atoms with Crippen molar-refractivity contribution in [1.82, 2.24) is 14.8 Å². The fraction of sp³-hybridized carbons (Fsp3) is 0.400. The number of likely N-dealkylation sites (tertiary alicyclic amines) is 1. The zero-order valence-electron chi connectivity index (χ0n) is 15.1. The highest BCUT2D eigenvalue weighted by Crippen LogP contribution is 2.19. The van der Waals surface area contributed by atoms with E-state index < -0.39 is 0 Å². The first-order valence-electron chi connectivity index (χ1n) is 8.99. The zero-order chi connectivity index (χ0) is 18.4. The average molecular weight is 356 g/mol. The summed E-state index contributed by atoms with van der Waals surface area (Å²) >= 11 is 0. The molecule has 1 aliphatic heterocycles. The van der Waals surface area contributed by atoms with Gasteiger partial charge in [-0.15, -0.1) is 0 Å². The highest BCUT2D eigenvalue weighted by Gasteiger charge is 2.24. The van der Waals surface area contributed by atoms with Gasteiger partial charge in [-0.1, -0.05) is 12.1 Å². The molecular weight excluding hydrogens is 331 g/mol. The highest BCUT2D eigenvalue weighted by molar-refractivity contribution is 5.89. The standard InChI is InChI=1S/C20H25FN4O/c1-24(13-16-5-3-9-22-12-16)14-17-6-4-10-25(15-17)20(26)23-19-8-2-7-18(21)11-19/h2-3,5,7-9,11-12,17H,4,6,10,13-15H2,1H3,(H,23,26)/t17-/m0/s1. The molecule has 1 aromatic carbocycles. The molecular formula is C20H25FN4O. The minimum absolute atomic E-state index is 0.157. The van der Waals surface area contributed by atoms with E-state index in [4.69, 9.17) is 0 Å². The summed E-state index contributed by atoms with van der Waals surface area (Å²) in [6, 6.07) is 9.86. The van der Waals surface area contributed by atoms with Crippen LogP contribution in [0.15, 0.2) is 48.8 Å². The van der Waals surface area contributed by atoms with Gasteiger partial charge in [-0.25, -0.2) is 9.18 Å². The monoisotopic (exact) mass is 356 g/mol. The van der Waals surface area contributed by atoms with Crippen molar-refractivity contribution in [2.45, 2.75) is 19.4 Å². The van der Waals surface area contributed by atoms with Gasteiger partial charge in [0.15, 0.2) is 0 Å². The normalized spacial score (nSPS) is 17.3. The van der Waals surface area contributed by atoms with Crippen LogP contribution < -0.4 is 5.32 Å². The van der Waals surface area contributed by atoms with E-state index in [1.807, 2.05) is 17.2 Å². The van der Waals surface area contributed by atoms with E-state index in [0.717, 1.165) is 39.0 Å². The number of amides is 2. The van der Waals surface area contributed by atoms with E-state index >= 15 is 0 Å². The van der Waals surface area contributed by atoms with Gasteiger partial charge in [0.05, 0.1) is 0 Å². The molecule has 26 heavy (non-hydrogen) atoms. The summed E-state index contributed by atoms with van der Waals surface area (Å²) in [6.45, 7) is 3.24. The number of hydrogen-bond donors (Lipinski definition) is 1. The highest BCUT2D eigenvalue weighted by atomic mass is 19.1. The van der Waals surface area contributed by atoms with E-state index in [1.54, 1.807) is 18.3 Å². The second-order valence-corrected chi connectivity index (χ2v) is 6.95. The van der Waals surface area contributed by atoms with E-state index in [2.05, 4.69) is 28.3 Å². The maximum absolute atomic E-state index is 13.3. The van der Waals surface area contributed by atoms with Gasteiger partial charge in [0.25, 0.3) is 0 Å². The average Bonchev–Trinajstić information content (AvgIpc) is 2.62. The Kier molecular flexibility index (Phi) is 6.17. The molecule has 1 saturated heterocycles. The summed E-state index contributed by atoms with van der Waals surface area (Å²) in [5, 5.41) is 2.79. The van der Waals surface area contributed by atoms with E-state index in [9.17, 15) is 9.18 Å². The largest absolute Gasteiger partial charge is 0.324 e. The molecule has 0 unspecified atom stereocenters. The molecule has 2 aromatic rings. The van der Waals surface area contributed by atoms with Crippen molar-refractivity contribution in [3.63, 3.8) is 0 Å². The first kappa shape index (κ1) is 18.3. The van der Waals surface area contributed by atoms with Crippen LogP contribution in [0, 0.1) is 11.7 Å². The summed E-state index contributed by atoms with van der Waals surface area (Å²) in [5.74, 6) is 0.0834. The lowest BCUT2D eigenvalue weighted by atomic mass is 9.97. The first-order chi connectivity index (χ1) is 12.6. The minimum Gasteiger partial charge on any atom is -0.324 e. The number of hydrogen-bond acceptors (Lipinski definition) is 3. The lowest BCUT2D eigenvalue weighted by Gasteiger charge is -2.34. The molecule has 3 rings (SSSR count). The number of urea groups is 1. The molecule has 1 atom stereocenters. The minimum atomic E-state index is -0.351. The number of nitrogens with zero attached hydrogens (tertiary/aromatic N) is 3. The quantitative estimate of drug-likeness (QED) is 0.891. The van der Waals surface area contributed by atoms with Gasteiger partial charge in [-0.05, 0) is 55.6 Å². The molecule has 1 aromatic heterocycles. The first-order valence-corrected chi connectivity index (χ1v) is 8.99. The third-order valence-electron chi connectivity index (χ3n) is 4.63. The van der Waals surface area contributed by atoms with E-state index in [1.165, 1.54) is 17.7 Å². The fourth-order valence-corrected chi connectivity index (χ4v) is 3.48. The summed E-state index contributed by atoms with van der Waals surface area (Å²) in [6.07, 6.45) is 5.76. The van der Waals surface area contributed by atoms with Crippen LogP contribution in [0.3, 0.4) is 0 Å². The summed E-state index contributed by atoms with van der Waals surface area (Å²) in [5.41, 5.74) is 1.68. The summed E-state index contributed by atoms with van der Waals surface area (Å²) in [4.78, 5) is 20.7. The molecule has 0 bridgehead atoms. The van der Waals surface area contributed by atoms with Crippen LogP contribution in [0.2, 0.25) is 0 Å². The topological polar surface area (TPSA) is 48.5 Å². The Morgan fingerprint density at radius 2 is 2.27 bits per heavy atom. The van der Waals surface area contributed by atoms with Crippen LogP contribution in [0.25, 0.3) is 0 Å². The van der Waals surface area contributed by atoms with Crippen molar-refractivity contribution in [3.8, 4) is 0 Å². The molecule has 6 heteroatoms. The third-order valence-corrected chi connectivity index (χ3v) is 4.63. The van der Waals surface area contributed by atoms with Crippen molar-refractivity contribution < 1.29 is 9.18 Å². The van der Waals surface area contributed by atoms with Gasteiger partial charge in [0, 0.05) is 44.3 Å². The Balaban J connectivity index is 1.51. The molecule has 0 aliphatic carbocycles. The lowest BCUT2D eigenvalue weighted by Crippen LogP contribution is -2.44. The third kappa shape index (κ3) is 5.26. The number of aromatic nitrogens is 1. The number of rotatable bonds is 5. The number of anilines is 1. The number of nitrogens with one attached hydrogen (secondary N) is 1. The number of carbonyl (C=O) groups is 1. The Labute approximate surface area is 153 Å². The van der Waals surface area contributed by atoms with Crippen molar-refractivity contribution in [2.75, 3.05) is 32.0 Å². The maximum Gasteiger partial charge on any atom is 0.321 e. The van der Waals surface area contributed by atoms with Crippen LogP contribution >= 0.6 is 0 Å². The number of pyridine rings is 1. The zero-order valence-corrected chi connectivity index (χ0v) is 15.1. The Morgan fingerprint density at radius 1 is 1.38 bits per heavy atom. The van der Waals surface area contributed by atoms with E-state index in [0.29, 0.717) is 11.6 Å².